The van der Waals surface area contributed by atoms with Gasteiger partial charge in [-0.3, -0.25) is 19.2 Å². The first kappa shape index (κ1) is 22.3. The predicted molar refractivity (Wildman–Crippen MR) is 125 cm³/mol. The molecule has 2 aromatic carbocycles. The minimum absolute atomic E-state index is 0.0562. The fourth-order valence-electron chi connectivity index (χ4n) is 5.54. The van der Waals surface area contributed by atoms with E-state index in [0.717, 1.165) is 24.0 Å². The van der Waals surface area contributed by atoms with E-state index in [9.17, 15) is 19.2 Å². The van der Waals surface area contributed by atoms with Gasteiger partial charge in [0.2, 0.25) is 17.7 Å². The number of hydrogen-bond acceptors (Lipinski definition) is 4. The van der Waals surface area contributed by atoms with E-state index in [0.29, 0.717) is 36.4 Å². The van der Waals surface area contributed by atoms with Crippen LogP contribution in [0.1, 0.15) is 59.7 Å². The van der Waals surface area contributed by atoms with Crippen LogP contribution in [0.3, 0.4) is 0 Å². The van der Waals surface area contributed by atoms with Gasteiger partial charge in [-0.2, -0.15) is 0 Å². The summed E-state index contributed by atoms with van der Waals surface area (Å²) < 4.78 is 0. The van der Waals surface area contributed by atoms with Crippen LogP contribution in [-0.2, 0) is 32.9 Å². The number of amides is 3. The van der Waals surface area contributed by atoms with Crippen molar-refractivity contribution in [3.63, 3.8) is 0 Å². The second-order valence-corrected chi connectivity index (χ2v) is 9.84. The molecule has 34 heavy (non-hydrogen) atoms. The van der Waals surface area contributed by atoms with Gasteiger partial charge < -0.3 is 16.0 Å². The van der Waals surface area contributed by atoms with E-state index in [1.165, 1.54) is 0 Å². The van der Waals surface area contributed by atoms with E-state index >= 15 is 0 Å². The lowest BCUT2D eigenvalue weighted by atomic mass is 9.84. The maximum Gasteiger partial charge on any atom is 0.248 e. The van der Waals surface area contributed by atoms with Crippen LogP contribution >= 0.6 is 0 Å². The van der Waals surface area contributed by atoms with Crippen molar-refractivity contribution >= 4 is 23.5 Å². The molecule has 1 heterocycles. The van der Waals surface area contributed by atoms with Gasteiger partial charge in [0.05, 0.1) is 0 Å². The molecule has 0 bridgehead atoms. The molecule has 0 radical (unpaired) electrons. The van der Waals surface area contributed by atoms with Crippen LogP contribution in [0.2, 0.25) is 0 Å². The second-order valence-electron chi connectivity index (χ2n) is 9.84. The minimum Gasteiger partial charge on any atom is -0.366 e. The first-order chi connectivity index (χ1) is 16.3. The molecule has 7 nitrogen and oxygen atoms in total. The summed E-state index contributed by atoms with van der Waals surface area (Å²) in [7, 11) is 0. The first-order valence-electron chi connectivity index (χ1n) is 11.9. The fraction of sp³-hybridized carbons (Fsp3) is 0.407. The number of benzene rings is 2. The molecule has 1 aliphatic heterocycles. The van der Waals surface area contributed by atoms with Crippen LogP contribution in [-0.4, -0.2) is 34.4 Å². The zero-order valence-corrected chi connectivity index (χ0v) is 19.3. The molecule has 5 rings (SSSR count). The van der Waals surface area contributed by atoms with E-state index in [-0.39, 0.29) is 24.2 Å². The Balaban J connectivity index is 1.37. The summed E-state index contributed by atoms with van der Waals surface area (Å²) in [6.07, 6.45) is 3.03. The summed E-state index contributed by atoms with van der Waals surface area (Å²) in [5, 5.41) is 2.92. The summed E-state index contributed by atoms with van der Waals surface area (Å²) >= 11 is 0. The molecule has 0 aromatic heterocycles. The Morgan fingerprint density at radius 1 is 1.15 bits per heavy atom. The number of nitrogens with one attached hydrogen (secondary N) is 1. The molecule has 3 unspecified atom stereocenters. The standard InChI is InChI=1S/C27H29N3O4/c1-16(18-7-8-18)30(15-17-5-3-2-4-6-17)23(31)14-21-24(32)27(29-26(21)34)12-11-19-13-20(25(28)33)9-10-22(19)27/h2-6,9-10,13,16,18,21H,7-8,11-12,14-15H2,1H3,(H2,28,33)(H,29,34). The summed E-state index contributed by atoms with van der Waals surface area (Å²) in [6.45, 7) is 2.52. The highest BCUT2D eigenvalue weighted by Gasteiger charge is 2.56. The number of nitrogens with two attached hydrogens (primary N) is 1. The lowest BCUT2D eigenvalue weighted by Gasteiger charge is -2.30. The number of aryl methyl sites for hydroxylation is 1. The molecular formula is C27H29N3O4. The van der Waals surface area contributed by atoms with Crippen LogP contribution in [0, 0.1) is 11.8 Å². The van der Waals surface area contributed by atoms with Crippen LogP contribution in [0.15, 0.2) is 48.5 Å². The Hall–Kier alpha value is -3.48. The normalized spacial score (nSPS) is 24.1. The van der Waals surface area contributed by atoms with E-state index in [1.54, 1.807) is 18.2 Å². The number of carbonyl (C=O) groups is 4. The van der Waals surface area contributed by atoms with Gasteiger partial charge in [0.1, 0.15) is 11.5 Å². The van der Waals surface area contributed by atoms with Gasteiger partial charge in [-0.15, -0.1) is 0 Å². The van der Waals surface area contributed by atoms with E-state index in [2.05, 4.69) is 12.2 Å². The third-order valence-corrected chi connectivity index (χ3v) is 7.70. The molecule has 2 aromatic rings. The van der Waals surface area contributed by atoms with Crippen molar-refractivity contribution in [2.45, 2.75) is 57.2 Å². The third kappa shape index (κ3) is 3.79. The quantitative estimate of drug-likeness (QED) is 0.620. The number of ketones is 1. The zero-order chi connectivity index (χ0) is 24.0. The lowest BCUT2D eigenvalue weighted by molar-refractivity contribution is -0.140. The SMILES string of the molecule is CC(C1CC1)N(Cc1ccccc1)C(=O)CC1C(=O)NC2(CCc3cc(C(N)=O)ccc32)C1=O. The van der Waals surface area contributed by atoms with Gasteiger partial charge in [-0.25, -0.2) is 0 Å². The van der Waals surface area contributed by atoms with Gasteiger partial charge in [-0.1, -0.05) is 36.4 Å². The molecule has 3 N–H and O–H groups in total. The van der Waals surface area contributed by atoms with Gasteiger partial charge >= 0.3 is 0 Å². The van der Waals surface area contributed by atoms with Gasteiger partial charge in [0.25, 0.3) is 0 Å². The average molecular weight is 460 g/mol. The van der Waals surface area contributed by atoms with Crippen molar-refractivity contribution in [2.75, 3.05) is 0 Å². The number of fused-ring (bicyclic) bond motifs is 2. The third-order valence-electron chi connectivity index (χ3n) is 7.70. The largest absolute Gasteiger partial charge is 0.366 e. The molecule has 1 saturated heterocycles. The monoisotopic (exact) mass is 459 g/mol. The summed E-state index contributed by atoms with van der Waals surface area (Å²) in [4.78, 5) is 53.5. The molecule has 3 amide bonds. The highest BCUT2D eigenvalue weighted by atomic mass is 16.2. The lowest BCUT2D eigenvalue weighted by Crippen LogP contribution is -2.42. The molecule has 2 fully saturated rings. The van der Waals surface area contributed by atoms with Crippen LogP contribution in [0.25, 0.3) is 0 Å². The maximum atomic E-state index is 13.6. The Bertz CT molecular complexity index is 1170. The molecule has 2 aliphatic carbocycles. The van der Waals surface area contributed by atoms with Gasteiger partial charge in [-0.05, 0) is 67.3 Å². The van der Waals surface area contributed by atoms with Crippen LogP contribution < -0.4 is 11.1 Å². The van der Waals surface area contributed by atoms with Crippen molar-refractivity contribution < 1.29 is 19.2 Å². The molecule has 1 saturated carbocycles. The van der Waals surface area contributed by atoms with Crippen molar-refractivity contribution in [1.29, 1.82) is 0 Å². The molecular weight excluding hydrogens is 430 g/mol. The number of rotatable bonds is 7. The van der Waals surface area contributed by atoms with E-state index < -0.39 is 23.3 Å². The average Bonchev–Trinajstić information content (AvgIpc) is 3.58. The highest BCUT2D eigenvalue weighted by molar-refractivity contribution is 6.15. The van der Waals surface area contributed by atoms with Crippen molar-refractivity contribution in [3.8, 4) is 0 Å². The Morgan fingerprint density at radius 3 is 2.56 bits per heavy atom. The molecule has 3 aliphatic rings. The predicted octanol–water partition coefficient (Wildman–Crippen LogP) is 2.46. The van der Waals surface area contributed by atoms with E-state index in [1.807, 2.05) is 35.2 Å². The number of hydrogen-bond donors (Lipinski definition) is 2. The van der Waals surface area contributed by atoms with E-state index in [4.69, 9.17) is 5.73 Å². The molecule has 1 spiro atoms. The molecule has 7 heteroatoms. The fourth-order valence-corrected chi connectivity index (χ4v) is 5.54. The number of primary amides is 1. The van der Waals surface area contributed by atoms with Crippen molar-refractivity contribution in [1.82, 2.24) is 10.2 Å². The zero-order valence-electron chi connectivity index (χ0n) is 19.3. The van der Waals surface area contributed by atoms with Crippen molar-refractivity contribution in [3.05, 3.63) is 70.8 Å². The van der Waals surface area contributed by atoms with Crippen LogP contribution in [0.5, 0.6) is 0 Å². The summed E-state index contributed by atoms with van der Waals surface area (Å²) in [5.74, 6) is -1.90. The summed E-state index contributed by atoms with van der Waals surface area (Å²) in [5.41, 5.74) is 7.22. The first-order valence-corrected chi connectivity index (χ1v) is 11.9. The number of nitrogens with zero attached hydrogens (tertiary/aromatic N) is 1. The molecule has 176 valence electrons. The highest BCUT2D eigenvalue weighted by Crippen LogP contribution is 2.44. The van der Waals surface area contributed by atoms with Gasteiger partial charge in [0, 0.05) is 24.6 Å². The Kier molecular flexibility index (Phi) is 5.50. The second kappa shape index (κ2) is 8.38. The minimum atomic E-state index is -1.13. The summed E-state index contributed by atoms with van der Waals surface area (Å²) in [6, 6.07) is 14.8. The van der Waals surface area contributed by atoms with Crippen molar-refractivity contribution in [2.24, 2.45) is 17.6 Å². The molecule has 3 atom stereocenters. The number of carbonyl (C=O) groups excluding carboxylic acids is 4. The topological polar surface area (TPSA) is 110 Å². The van der Waals surface area contributed by atoms with Crippen LogP contribution in [0.4, 0.5) is 0 Å². The smallest absolute Gasteiger partial charge is 0.248 e. The maximum absolute atomic E-state index is 13.6. The Morgan fingerprint density at radius 2 is 1.88 bits per heavy atom. The van der Waals surface area contributed by atoms with Gasteiger partial charge in [0.15, 0.2) is 5.78 Å². The number of Topliss-reactive ketones (excluding diaryl/α,β-unsaturated/α-hetero) is 1. The Labute approximate surface area is 198 Å².